The van der Waals surface area contributed by atoms with Crippen LogP contribution >= 0.6 is 15.9 Å². The summed E-state index contributed by atoms with van der Waals surface area (Å²) in [6.45, 7) is 1.67. The fourth-order valence-corrected chi connectivity index (χ4v) is 1.60. The predicted molar refractivity (Wildman–Crippen MR) is 52.1 cm³/mol. The summed E-state index contributed by atoms with van der Waals surface area (Å²) in [5, 5.41) is 7.26. The summed E-state index contributed by atoms with van der Waals surface area (Å²) in [6.07, 6.45) is 1.22. The van der Waals surface area contributed by atoms with Crippen molar-refractivity contribution in [1.82, 2.24) is 10.2 Å². The first kappa shape index (κ1) is 9.33. The van der Waals surface area contributed by atoms with Crippen molar-refractivity contribution in [3.63, 3.8) is 0 Å². The van der Waals surface area contributed by atoms with Gasteiger partial charge in [0.15, 0.2) is 0 Å². The van der Waals surface area contributed by atoms with Crippen molar-refractivity contribution < 1.29 is 8.81 Å². The minimum atomic E-state index is -0.305. The number of hydrogen-bond acceptors (Lipinski definition) is 3. The molecule has 0 saturated heterocycles. The summed E-state index contributed by atoms with van der Waals surface area (Å²) < 4.78 is 18.9. The summed E-state index contributed by atoms with van der Waals surface area (Å²) in [5.74, 6) is 0.0228. The standard InChI is InChI=1S/C9H6BrFN2O/c1-5-6(9-13-12-4-14-9)2-3-7(10)8(5)11/h2-4H,1H3. The Labute approximate surface area is 88.1 Å². The smallest absolute Gasteiger partial charge is 0.247 e. The van der Waals surface area contributed by atoms with Gasteiger partial charge in [0.2, 0.25) is 12.3 Å². The van der Waals surface area contributed by atoms with Crippen molar-refractivity contribution in [2.45, 2.75) is 6.92 Å². The van der Waals surface area contributed by atoms with E-state index in [9.17, 15) is 4.39 Å². The Morgan fingerprint density at radius 2 is 2.21 bits per heavy atom. The molecule has 0 N–H and O–H groups in total. The molecule has 72 valence electrons. The van der Waals surface area contributed by atoms with E-state index in [0.717, 1.165) is 0 Å². The van der Waals surface area contributed by atoms with E-state index in [-0.39, 0.29) is 5.82 Å². The van der Waals surface area contributed by atoms with E-state index in [1.807, 2.05) is 0 Å². The van der Waals surface area contributed by atoms with Crippen LogP contribution in [-0.4, -0.2) is 10.2 Å². The number of benzene rings is 1. The van der Waals surface area contributed by atoms with Gasteiger partial charge in [-0.3, -0.25) is 0 Å². The molecular weight excluding hydrogens is 251 g/mol. The van der Waals surface area contributed by atoms with Crippen molar-refractivity contribution in [3.8, 4) is 11.5 Å². The lowest BCUT2D eigenvalue weighted by Gasteiger charge is -2.03. The van der Waals surface area contributed by atoms with E-state index in [1.165, 1.54) is 6.39 Å². The van der Waals surface area contributed by atoms with Crippen LogP contribution in [0.4, 0.5) is 4.39 Å². The highest BCUT2D eigenvalue weighted by Gasteiger charge is 2.12. The van der Waals surface area contributed by atoms with E-state index in [0.29, 0.717) is 21.5 Å². The summed E-state index contributed by atoms with van der Waals surface area (Å²) >= 11 is 3.10. The molecule has 2 rings (SSSR count). The second-order valence-electron chi connectivity index (χ2n) is 2.78. The zero-order valence-corrected chi connectivity index (χ0v) is 8.88. The molecule has 0 amide bonds. The normalized spacial score (nSPS) is 10.5. The highest BCUT2D eigenvalue weighted by Crippen LogP contribution is 2.27. The minimum Gasteiger partial charge on any atom is -0.423 e. The molecule has 0 atom stereocenters. The first-order valence-corrected chi connectivity index (χ1v) is 4.70. The van der Waals surface area contributed by atoms with Crippen LogP contribution in [0.15, 0.2) is 27.4 Å². The van der Waals surface area contributed by atoms with Crippen LogP contribution in [0.1, 0.15) is 5.56 Å². The maximum absolute atomic E-state index is 13.4. The Balaban J connectivity index is 2.61. The summed E-state index contributed by atoms with van der Waals surface area (Å²) in [4.78, 5) is 0. The zero-order chi connectivity index (χ0) is 10.1. The first-order valence-electron chi connectivity index (χ1n) is 3.91. The molecule has 3 nitrogen and oxygen atoms in total. The summed E-state index contributed by atoms with van der Waals surface area (Å²) in [5.41, 5.74) is 1.10. The molecule has 2 aromatic rings. The van der Waals surface area contributed by atoms with Crippen LogP contribution in [0.5, 0.6) is 0 Å². The lowest BCUT2D eigenvalue weighted by atomic mass is 10.1. The van der Waals surface area contributed by atoms with Gasteiger partial charge in [0.25, 0.3) is 0 Å². The SMILES string of the molecule is Cc1c(-c2nnco2)ccc(Br)c1F. The van der Waals surface area contributed by atoms with E-state index in [2.05, 4.69) is 26.1 Å². The molecule has 0 aliphatic heterocycles. The fourth-order valence-electron chi connectivity index (χ4n) is 1.17. The fraction of sp³-hybridized carbons (Fsp3) is 0.111. The largest absolute Gasteiger partial charge is 0.423 e. The summed E-state index contributed by atoms with van der Waals surface area (Å²) in [7, 11) is 0. The summed E-state index contributed by atoms with van der Waals surface area (Å²) in [6, 6.07) is 3.35. The van der Waals surface area contributed by atoms with E-state index >= 15 is 0 Å². The molecule has 1 aromatic heterocycles. The zero-order valence-electron chi connectivity index (χ0n) is 7.29. The topological polar surface area (TPSA) is 38.9 Å². The van der Waals surface area contributed by atoms with Gasteiger partial charge >= 0.3 is 0 Å². The molecule has 0 bridgehead atoms. The van der Waals surface area contributed by atoms with Crippen LogP contribution in [0.25, 0.3) is 11.5 Å². The molecule has 5 heteroatoms. The third-order valence-electron chi connectivity index (χ3n) is 1.93. The molecule has 0 aliphatic rings. The number of rotatable bonds is 1. The third-order valence-corrected chi connectivity index (χ3v) is 2.54. The Hall–Kier alpha value is -1.23. The van der Waals surface area contributed by atoms with Crippen LogP contribution in [0.2, 0.25) is 0 Å². The lowest BCUT2D eigenvalue weighted by Crippen LogP contribution is -1.89. The Bertz CT molecular complexity index is 456. The second-order valence-corrected chi connectivity index (χ2v) is 3.63. The van der Waals surface area contributed by atoms with Crippen molar-refractivity contribution in [3.05, 3.63) is 34.4 Å². The van der Waals surface area contributed by atoms with Crippen molar-refractivity contribution in [2.75, 3.05) is 0 Å². The minimum absolute atomic E-state index is 0.305. The maximum Gasteiger partial charge on any atom is 0.247 e. The van der Waals surface area contributed by atoms with Gasteiger partial charge < -0.3 is 4.42 Å². The monoisotopic (exact) mass is 256 g/mol. The molecule has 1 heterocycles. The Kier molecular flexibility index (Phi) is 2.33. The van der Waals surface area contributed by atoms with Crippen LogP contribution in [0.3, 0.4) is 0 Å². The average Bonchev–Trinajstić information content (AvgIpc) is 2.67. The molecule has 1 aromatic carbocycles. The van der Waals surface area contributed by atoms with Gasteiger partial charge in [0.05, 0.1) is 4.47 Å². The quantitative estimate of drug-likeness (QED) is 0.788. The van der Waals surface area contributed by atoms with Gasteiger partial charge in [0.1, 0.15) is 5.82 Å². The molecule has 14 heavy (non-hydrogen) atoms. The molecule has 0 saturated carbocycles. The van der Waals surface area contributed by atoms with E-state index in [4.69, 9.17) is 4.42 Å². The Morgan fingerprint density at radius 1 is 1.43 bits per heavy atom. The van der Waals surface area contributed by atoms with Crippen molar-refractivity contribution in [2.24, 2.45) is 0 Å². The second kappa shape index (κ2) is 3.49. The lowest BCUT2D eigenvalue weighted by molar-refractivity contribution is 0.565. The molecular formula is C9H6BrFN2O. The maximum atomic E-state index is 13.4. The van der Waals surface area contributed by atoms with Gasteiger partial charge in [-0.25, -0.2) is 4.39 Å². The van der Waals surface area contributed by atoms with Crippen molar-refractivity contribution in [1.29, 1.82) is 0 Å². The highest BCUT2D eigenvalue weighted by molar-refractivity contribution is 9.10. The number of hydrogen-bond donors (Lipinski definition) is 0. The number of halogens is 2. The molecule has 0 aliphatic carbocycles. The molecule has 0 spiro atoms. The number of nitrogens with zero attached hydrogens (tertiary/aromatic N) is 2. The third kappa shape index (κ3) is 1.43. The van der Waals surface area contributed by atoms with Gasteiger partial charge in [-0.05, 0) is 40.5 Å². The van der Waals surface area contributed by atoms with Crippen LogP contribution in [-0.2, 0) is 0 Å². The van der Waals surface area contributed by atoms with E-state index in [1.54, 1.807) is 19.1 Å². The Morgan fingerprint density at radius 3 is 2.86 bits per heavy atom. The van der Waals surface area contributed by atoms with Gasteiger partial charge in [-0.1, -0.05) is 0 Å². The van der Waals surface area contributed by atoms with Gasteiger partial charge in [0, 0.05) is 5.56 Å². The van der Waals surface area contributed by atoms with Crippen LogP contribution < -0.4 is 0 Å². The van der Waals surface area contributed by atoms with E-state index < -0.39 is 0 Å². The van der Waals surface area contributed by atoms with Gasteiger partial charge in [-0.2, -0.15) is 0 Å². The van der Waals surface area contributed by atoms with Crippen molar-refractivity contribution >= 4 is 15.9 Å². The molecule has 0 unspecified atom stereocenters. The van der Waals surface area contributed by atoms with Gasteiger partial charge in [-0.15, -0.1) is 10.2 Å². The predicted octanol–water partition coefficient (Wildman–Crippen LogP) is 2.95. The highest BCUT2D eigenvalue weighted by atomic mass is 79.9. The first-order chi connectivity index (χ1) is 6.70. The molecule has 0 radical (unpaired) electrons. The molecule has 0 fully saturated rings. The average molecular weight is 257 g/mol. The number of aromatic nitrogens is 2. The van der Waals surface area contributed by atoms with Crippen LogP contribution in [0, 0.1) is 12.7 Å².